The van der Waals surface area contributed by atoms with Gasteiger partial charge in [-0.15, -0.1) is 0 Å². The van der Waals surface area contributed by atoms with Crippen molar-refractivity contribution >= 4 is 17.4 Å². The summed E-state index contributed by atoms with van der Waals surface area (Å²) < 4.78 is 16.1. The number of Topliss-reactive ketones (excluding diaryl/α,β-unsaturated/α-hetero) is 1. The molecule has 2 aromatic carbocycles. The van der Waals surface area contributed by atoms with Gasteiger partial charge in [0, 0.05) is 5.57 Å². The van der Waals surface area contributed by atoms with Crippen LogP contribution in [0.1, 0.15) is 36.6 Å². The maximum atomic E-state index is 13.7. The quantitative estimate of drug-likeness (QED) is 0.311. The summed E-state index contributed by atoms with van der Waals surface area (Å²) in [6.45, 7) is 8.79. The first-order valence-electron chi connectivity index (χ1n) is 11.8. The number of methoxy groups -OCH3 is 3. The second-order valence-electron chi connectivity index (χ2n) is 8.48. The van der Waals surface area contributed by atoms with E-state index in [1.807, 2.05) is 6.92 Å². The average molecular weight is 483 g/mol. The van der Waals surface area contributed by atoms with Gasteiger partial charge >= 0.3 is 0 Å². The lowest BCUT2D eigenvalue weighted by Gasteiger charge is -2.29. The number of quaternary nitrogens is 1. The summed E-state index contributed by atoms with van der Waals surface area (Å²) in [5.74, 6) is -0.280. The van der Waals surface area contributed by atoms with E-state index in [2.05, 4.69) is 13.8 Å². The lowest BCUT2D eigenvalue weighted by atomic mass is 9.94. The number of amides is 1. The van der Waals surface area contributed by atoms with Crippen molar-refractivity contribution in [1.29, 1.82) is 0 Å². The molecule has 1 fully saturated rings. The minimum absolute atomic E-state index is 0.0543. The number of ketones is 1. The zero-order valence-electron chi connectivity index (χ0n) is 21.3. The SMILES string of the molecule is CC[NH+](CC)CCN1C(=O)C(=O)/C(=C(/[O-])c2ccc(OC)c(C)c2)C1c1ccc(OC)c(OC)c1. The predicted molar refractivity (Wildman–Crippen MR) is 131 cm³/mol. The van der Waals surface area contributed by atoms with Gasteiger partial charge in [-0.3, -0.25) is 9.59 Å². The molecule has 1 N–H and O–H groups in total. The van der Waals surface area contributed by atoms with Crippen molar-refractivity contribution in [3.05, 3.63) is 58.7 Å². The molecule has 0 bridgehead atoms. The van der Waals surface area contributed by atoms with Crippen LogP contribution in [0.4, 0.5) is 0 Å². The number of likely N-dealkylation sites (N-methyl/N-ethyl adjacent to an activating group) is 1. The Morgan fingerprint density at radius 2 is 1.57 bits per heavy atom. The Morgan fingerprint density at radius 1 is 0.943 bits per heavy atom. The Bertz CT molecular complexity index is 1120. The lowest BCUT2D eigenvalue weighted by molar-refractivity contribution is -0.895. The van der Waals surface area contributed by atoms with E-state index in [1.165, 1.54) is 24.0 Å². The van der Waals surface area contributed by atoms with Crippen LogP contribution in [0.25, 0.3) is 5.76 Å². The van der Waals surface area contributed by atoms with Crippen molar-refractivity contribution in [2.75, 3.05) is 47.5 Å². The van der Waals surface area contributed by atoms with Gasteiger partial charge in [-0.05, 0) is 61.7 Å². The average Bonchev–Trinajstić information content (AvgIpc) is 3.13. The highest BCUT2D eigenvalue weighted by atomic mass is 16.5. The van der Waals surface area contributed by atoms with Gasteiger partial charge in [0.25, 0.3) is 5.91 Å². The second-order valence-corrected chi connectivity index (χ2v) is 8.48. The van der Waals surface area contributed by atoms with Crippen LogP contribution in [0.3, 0.4) is 0 Å². The Labute approximate surface area is 206 Å². The topological polar surface area (TPSA) is 92.6 Å². The number of ether oxygens (including phenoxy) is 3. The van der Waals surface area contributed by atoms with Crippen molar-refractivity contribution in [2.45, 2.75) is 26.8 Å². The van der Waals surface area contributed by atoms with E-state index in [9.17, 15) is 14.7 Å². The summed E-state index contributed by atoms with van der Waals surface area (Å²) in [5, 5.41) is 13.7. The first kappa shape index (κ1) is 26.1. The van der Waals surface area contributed by atoms with Crippen molar-refractivity contribution in [3.63, 3.8) is 0 Å². The molecule has 1 aliphatic rings. The molecule has 1 aliphatic heterocycles. The number of hydrogen-bond acceptors (Lipinski definition) is 6. The normalized spacial score (nSPS) is 17.2. The molecule has 0 aliphatic carbocycles. The zero-order chi connectivity index (χ0) is 25.7. The molecule has 0 aromatic heterocycles. The van der Waals surface area contributed by atoms with Gasteiger partial charge in [0.2, 0.25) is 5.78 Å². The van der Waals surface area contributed by atoms with Crippen LogP contribution in [0.5, 0.6) is 17.2 Å². The van der Waals surface area contributed by atoms with Gasteiger partial charge in [-0.2, -0.15) is 0 Å². The number of likely N-dealkylation sites (tertiary alicyclic amines) is 1. The van der Waals surface area contributed by atoms with Crippen molar-refractivity contribution < 1.29 is 33.8 Å². The smallest absolute Gasteiger partial charge is 0.295 e. The van der Waals surface area contributed by atoms with Crippen LogP contribution in [0, 0.1) is 6.92 Å². The molecule has 1 saturated heterocycles. The van der Waals surface area contributed by atoms with E-state index in [1.54, 1.807) is 43.5 Å². The molecule has 8 heteroatoms. The number of carbonyl (C=O) groups is 2. The van der Waals surface area contributed by atoms with Crippen molar-refractivity contribution in [1.82, 2.24) is 4.90 Å². The molecular formula is C27H34N2O6. The molecule has 1 heterocycles. The summed E-state index contributed by atoms with van der Waals surface area (Å²) in [6.07, 6.45) is 0. The van der Waals surface area contributed by atoms with E-state index in [0.29, 0.717) is 41.5 Å². The minimum Gasteiger partial charge on any atom is -0.872 e. The standard InChI is InChI=1S/C27H34N2O6/c1-7-28(8-2)13-14-29-24(18-9-12-21(34-5)22(16-18)35-6)23(26(31)27(29)32)25(30)19-10-11-20(33-4)17(3)15-19/h9-12,15-16,24,30H,7-8,13-14H2,1-6H3/b25-23+. The number of carbonyl (C=O) groups excluding carboxylic acids is 2. The fourth-order valence-electron chi connectivity index (χ4n) is 4.53. The summed E-state index contributed by atoms with van der Waals surface area (Å²) >= 11 is 0. The monoisotopic (exact) mass is 482 g/mol. The Balaban J connectivity index is 2.17. The first-order valence-corrected chi connectivity index (χ1v) is 11.8. The van der Waals surface area contributed by atoms with Gasteiger partial charge < -0.3 is 29.1 Å². The number of rotatable bonds is 10. The molecule has 1 amide bonds. The maximum absolute atomic E-state index is 13.7. The fourth-order valence-corrected chi connectivity index (χ4v) is 4.53. The highest BCUT2D eigenvalue weighted by molar-refractivity contribution is 6.46. The molecule has 188 valence electrons. The van der Waals surface area contributed by atoms with Crippen LogP contribution in [-0.4, -0.2) is 64.1 Å². The Hall–Kier alpha value is -3.52. The van der Waals surface area contributed by atoms with Crippen molar-refractivity contribution in [3.8, 4) is 17.2 Å². The molecule has 1 unspecified atom stereocenters. The largest absolute Gasteiger partial charge is 0.872 e. The van der Waals surface area contributed by atoms with E-state index >= 15 is 0 Å². The molecule has 8 nitrogen and oxygen atoms in total. The number of nitrogens with one attached hydrogen (secondary N) is 1. The molecule has 3 rings (SSSR count). The van der Waals surface area contributed by atoms with Gasteiger partial charge in [-0.25, -0.2) is 0 Å². The fraction of sp³-hybridized carbons (Fsp3) is 0.407. The first-order chi connectivity index (χ1) is 16.8. The second kappa shape index (κ2) is 11.3. The van der Waals surface area contributed by atoms with E-state index in [4.69, 9.17) is 14.2 Å². The van der Waals surface area contributed by atoms with Crippen LogP contribution < -0.4 is 24.2 Å². The van der Waals surface area contributed by atoms with Gasteiger partial charge in [0.1, 0.15) is 5.75 Å². The summed E-state index contributed by atoms with van der Waals surface area (Å²) in [4.78, 5) is 29.2. The third kappa shape index (κ3) is 5.12. The molecule has 2 aromatic rings. The molecular weight excluding hydrogens is 448 g/mol. The molecule has 0 saturated carbocycles. The van der Waals surface area contributed by atoms with E-state index in [-0.39, 0.29) is 5.57 Å². The van der Waals surface area contributed by atoms with Gasteiger partial charge in [0.15, 0.2) is 11.5 Å². The molecule has 0 radical (unpaired) electrons. The lowest BCUT2D eigenvalue weighted by Crippen LogP contribution is -3.12. The highest BCUT2D eigenvalue weighted by Crippen LogP contribution is 2.41. The van der Waals surface area contributed by atoms with Gasteiger partial charge in [0.05, 0.1) is 53.6 Å². The van der Waals surface area contributed by atoms with Crippen LogP contribution in [-0.2, 0) is 9.59 Å². The van der Waals surface area contributed by atoms with Crippen LogP contribution in [0.15, 0.2) is 42.0 Å². The zero-order valence-corrected chi connectivity index (χ0v) is 21.3. The molecule has 0 spiro atoms. The van der Waals surface area contributed by atoms with Crippen molar-refractivity contribution in [2.24, 2.45) is 0 Å². The Morgan fingerprint density at radius 3 is 2.14 bits per heavy atom. The number of hydrogen-bond donors (Lipinski definition) is 1. The predicted octanol–water partition coefficient (Wildman–Crippen LogP) is 1.17. The summed E-state index contributed by atoms with van der Waals surface area (Å²) in [6, 6.07) is 9.38. The highest BCUT2D eigenvalue weighted by Gasteiger charge is 2.44. The van der Waals surface area contributed by atoms with E-state index < -0.39 is 23.5 Å². The molecule has 1 atom stereocenters. The van der Waals surface area contributed by atoms with Crippen LogP contribution in [0.2, 0.25) is 0 Å². The van der Waals surface area contributed by atoms with E-state index in [0.717, 1.165) is 18.7 Å². The number of aryl methyl sites for hydroxylation is 1. The molecule has 35 heavy (non-hydrogen) atoms. The summed E-state index contributed by atoms with van der Waals surface area (Å²) in [5.41, 5.74) is 1.66. The third-order valence-corrected chi connectivity index (χ3v) is 6.62. The number of nitrogens with zero attached hydrogens (tertiary/aromatic N) is 1. The third-order valence-electron chi connectivity index (χ3n) is 6.62. The Kier molecular flexibility index (Phi) is 8.40. The maximum Gasteiger partial charge on any atom is 0.295 e. The van der Waals surface area contributed by atoms with Crippen LogP contribution >= 0.6 is 0 Å². The minimum atomic E-state index is -0.820. The number of benzene rings is 2. The van der Waals surface area contributed by atoms with Gasteiger partial charge in [-0.1, -0.05) is 17.9 Å². The summed E-state index contributed by atoms with van der Waals surface area (Å²) in [7, 11) is 4.61.